The zero-order chi connectivity index (χ0) is 11.7. The van der Waals surface area contributed by atoms with E-state index < -0.39 is 0 Å². The average molecular weight is 239 g/mol. The summed E-state index contributed by atoms with van der Waals surface area (Å²) in [6.45, 7) is 4.06. The van der Waals surface area contributed by atoms with Crippen LogP contribution < -0.4 is 4.74 Å². The maximum Gasteiger partial charge on any atom is 0.173 e. The molecule has 0 saturated heterocycles. The molecule has 0 radical (unpaired) electrons. The van der Waals surface area contributed by atoms with Gasteiger partial charge in [-0.2, -0.15) is 0 Å². The lowest BCUT2D eigenvalue weighted by atomic mass is 10.1. The first-order valence-electron chi connectivity index (χ1n) is 5.50. The SMILES string of the molecule is Cc1cc(OCC(=O)C2CC2)cc(C)c1Cl. The van der Waals surface area contributed by atoms with Crippen molar-refractivity contribution >= 4 is 17.4 Å². The average Bonchev–Trinajstić information content (AvgIpc) is 3.05. The van der Waals surface area contributed by atoms with Crippen LogP contribution in [0.1, 0.15) is 24.0 Å². The molecule has 3 heteroatoms. The number of carbonyl (C=O) groups excluding carboxylic acids is 1. The second-order valence-electron chi connectivity index (χ2n) is 4.40. The summed E-state index contributed by atoms with van der Waals surface area (Å²) in [7, 11) is 0. The molecule has 1 aromatic carbocycles. The van der Waals surface area contributed by atoms with Crippen LogP contribution in [0.4, 0.5) is 0 Å². The van der Waals surface area contributed by atoms with E-state index in [9.17, 15) is 4.79 Å². The number of hydrogen-bond donors (Lipinski definition) is 0. The highest BCUT2D eigenvalue weighted by molar-refractivity contribution is 6.32. The molecular formula is C13H15ClO2. The summed E-state index contributed by atoms with van der Waals surface area (Å²) in [6, 6.07) is 3.74. The third kappa shape index (κ3) is 2.56. The van der Waals surface area contributed by atoms with E-state index in [0.29, 0.717) is 0 Å². The van der Waals surface area contributed by atoms with Crippen molar-refractivity contribution in [2.45, 2.75) is 26.7 Å². The second-order valence-corrected chi connectivity index (χ2v) is 4.78. The molecule has 1 aliphatic carbocycles. The monoisotopic (exact) mass is 238 g/mol. The van der Waals surface area contributed by atoms with Crippen LogP contribution in [0, 0.1) is 19.8 Å². The Morgan fingerprint density at radius 1 is 1.38 bits per heavy atom. The van der Waals surface area contributed by atoms with Gasteiger partial charge in [-0.3, -0.25) is 4.79 Å². The molecule has 1 fully saturated rings. The fourth-order valence-corrected chi connectivity index (χ4v) is 1.78. The Balaban J connectivity index is 2.01. The van der Waals surface area contributed by atoms with Crippen LogP contribution in [-0.2, 0) is 4.79 Å². The summed E-state index contributed by atoms with van der Waals surface area (Å²) in [5.74, 6) is 1.20. The Kier molecular flexibility index (Phi) is 3.20. The molecule has 0 N–H and O–H groups in total. The van der Waals surface area contributed by atoms with Crippen LogP contribution in [0.3, 0.4) is 0 Å². The Morgan fingerprint density at radius 2 is 1.94 bits per heavy atom. The van der Waals surface area contributed by atoms with E-state index in [1.165, 1.54) is 0 Å². The predicted molar refractivity (Wildman–Crippen MR) is 64.2 cm³/mol. The van der Waals surface area contributed by atoms with E-state index in [-0.39, 0.29) is 18.3 Å². The number of ketones is 1. The lowest BCUT2D eigenvalue weighted by Crippen LogP contribution is -2.12. The molecule has 0 bridgehead atoms. The first-order chi connectivity index (χ1) is 7.58. The molecule has 1 aromatic rings. The highest BCUT2D eigenvalue weighted by atomic mass is 35.5. The molecule has 0 atom stereocenters. The molecule has 2 rings (SSSR count). The molecule has 0 amide bonds. The van der Waals surface area contributed by atoms with Gasteiger partial charge < -0.3 is 4.74 Å². The molecule has 16 heavy (non-hydrogen) atoms. The number of rotatable bonds is 4. The van der Waals surface area contributed by atoms with E-state index in [1.807, 2.05) is 26.0 Å². The minimum Gasteiger partial charge on any atom is -0.486 e. The number of halogens is 1. The second kappa shape index (κ2) is 4.46. The number of carbonyl (C=O) groups is 1. The zero-order valence-corrected chi connectivity index (χ0v) is 10.3. The summed E-state index contributed by atoms with van der Waals surface area (Å²) < 4.78 is 5.48. The van der Waals surface area contributed by atoms with Crippen molar-refractivity contribution in [3.63, 3.8) is 0 Å². The minimum atomic E-state index is 0.186. The van der Waals surface area contributed by atoms with Crippen molar-refractivity contribution in [1.29, 1.82) is 0 Å². The van der Waals surface area contributed by atoms with Gasteiger partial charge in [-0.25, -0.2) is 0 Å². The Labute approximate surface area is 101 Å². The van der Waals surface area contributed by atoms with E-state index in [1.54, 1.807) is 0 Å². The van der Waals surface area contributed by atoms with Gasteiger partial charge in [0, 0.05) is 10.9 Å². The largest absolute Gasteiger partial charge is 0.486 e. The van der Waals surface area contributed by atoms with Crippen LogP contribution in [0.5, 0.6) is 5.75 Å². The lowest BCUT2D eigenvalue weighted by Gasteiger charge is -2.09. The van der Waals surface area contributed by atoms with Crippen LogP contribution >= 0.6 is 11.6 Å². The van der Waals surface area contributed by atoms with E-state index in [2.05, 4.69) is 0 Å². The fraction of sp³-hybridized carbons (Fsp3) is 0.462. The van der Waals surface area contributed by atoms with Crippen molar-refractivity contribution in [2.24, 2.45) is 5.92 Å². The molecule has 0 aliphatic heterocycles. The van der Waals surface area contributed by atoms with Gasteiger partial charge in [0.05, 0.1) is 0 Å². The van der Waals surface area contributed by atoms with Gasteiger partial charge in [0.1, 0.15) is 12.4 Å². The summed E-state index contributed by atoms with van der Waals surface area (Å²) >= 11 is 6.05. The van der Waals surface area contributed by atoms with Gasteiger partial charge in [0.15, 0.2) is 5.78 Å². The number of aryl methyl sites for hydroxylation is 2. The number of benzene rings is 1. The standard InChI is InChI=1S/C13H15ClO2/c1-8-5-11(6-9(2)13(8)14)16-7-12(15)10-3-4-10/h5-6,10H,3-4,7H2,1-2H3. The van der Waals surface area contributed by atoms with Crippen molar-refractivity contribution in [3.05, 3.63) is 28.3 Å². The van der Waals surface area contributed by atoms with Gasteiger partial charge in [-0.1, -0.05) is 11.6 Å². The molecule has 2 nitrogen and oxygen atoms in total. The number of Topliss-reactive ketones (excluding diaryl/α,β-unsaturated/α-hetero) is 1. The van der Waals surface area contributed by atoms with Crippen molar-refractivity contribution in [1.82, 2.24) is 0 Å². The van der Waals surface area contributed by atoms with E-state index in [4.69, 9.17) is 16.3 Å². The number of hydrogen-bond acceptors (Lipinski definition) is 2. The van der Waals surface area contributed by atoms with Crippen LogP contribution in [-0.4, -0.2) is 12.4 Å². The highest BCUT2D eigenvalue weighted by Gasteiger charge is 2.29. The van der Waals surface area contributed by atoms with Crippen molar-refractivity contribution < 1.29 is 9.53 Å². The number of ether oxygens (including phenoxy) is 1. The summed E-state index contributed by atoms with van der Waals surface area (Å²) in [6.07, 6.45) is 2.06. The normalized spacial score (nSPS) is 14.9. The maximum atomic E-state index is 11.5. The van der Waals surface area contributed by atoms with E-state index >= 15 is 0 Å². The zero-order valence-electron chi connectivity index (χ0n) is 9.55. The summed E-state index contributed by atoms with van der Waals surface area (Å²) in [5, 5.41) is 0.765. The Hall–Kier alpha value is -1.02. The summed E-state index contributed by atoms with van der Waals surface area (Å²) in [5.41, 5.74) is 1.96. The van der Waals surface area contributed by atoms with Crippen LogP contribution in [0.2, 0.25) is 5.02 Å². The highest BCUT2D eigenvalue weighted by Crippen LogP contribution is 2.30. The smallest absolute Gasteiger partial charge is 0.173 e. The van der Waals surface area contributed by atoms with Crippen LogP contribution in [0.15, 0.2) is 12.1 Å². The third-order valence-electron chi connectivity index (χ3n) is 2.82. The molecule has 1 saturated carbocycles. The van der Waals surface area contributed by atoms with Crippen LogP contribution in [0.25, 0.3) is 0 Å². The van der Waals surface area contributed by atoms with Gasteiger partial charge >= 0.3 is 0 Å². The maximum absolute atomic E-state index is 11.5. The first-order valence-corrected chi connectivity index (χ1v) is 5.88. The van der Waals surface area contributed by atoms with Gasteiger partial charge in [0.2, 0.25) is 0 Å². The van der Waals surface area contributed by atoms with Crippen molar-refractivity contribution in [3.8, 4) is 5.75 Å². The molecule has 1 aliphatic rings. The van der Waals surface area contributed by atoms with Gasteiger partial charge in [0.25, 0.3) is 0 Å². The Bertz CT molecular complexity index is 399. The molecule has 0 heterocycles. The third-order valence-corrected chi connectivity index (χ3v) is 3.42. The summed E-state index contributed by atoms with van der Waals surface area (Å²) in [4.78, 5) is 11.5. The molecule has 0 aromatic heterocycles. The molecular weight excluding hydrogens is 224 g/mol. The molecule has 0 spiro atoms. The van der Waals surface area contributed by atoms with Gasteiger partial charge in [-0.05, 0) is 49.9 Å². The van der Waals surface area contributed by atoms with Crippen molar-refractivity contribution in [2.75, 3.05) is 6.61 Å². The first kappa shape index (κ1) is 11.5. The topological polar surface area (TPSA) is 26.3 Å². The lowest BCUT2D eigenvalue weighted by molar-refractivity contribution is -0.122. The molecule has 86 valence electrons. The fourth-order valence-electron chi connectivity index (χ4n) is 1.67. The predicted octanol–water partition coefficient (Wildman–Crippen LogP) is 3.31. The Morgan fingerprint density at radius 3 is 2.44 bits per heavy atom. The minimum absolute atomic E-state index is 0.186. The molecule has 0 unspecified atom stereocenters. The van der Waals surface area contributed by atoms with Gasteiger partial charge in [-0.15, -0.1) is 0 Å². The quantitative estimate of drug-likeness (QED) is 0.805. The van der Waals surface area contributed by atoms with E-state index in [0.717, 1.165) is 34.7 Å².